The SMILES string of the molecule is COC(CNC(=O)c1cccc(F)c1Br)C(=O)O. The minimum Gasteiger partial charge on any atom is -0.479 e. The Balaban J connectivity index is 2.71. The number of hydrogen-bond donors (Lipinski definition) is 2. The van der Waals surface area contributed by atoms with Crippen molar-refractivity contribution in [2.45, 2.75) is 6.10 Å². The van der Waals surface area contributed by atoms with Crippen LogP contribution in [0, 0.1) is 5.82 Å². The second-order valence-corrected chi connectivity index (χ2v) is 4.17. The minimum absolute atomic E-state index is 0.0341. The zero-order valence-corrected chi connectivity index (χ0v) is 11.0. The van der Waals surface area contributed by atoms with Crippen molar-refractivity contribution < 1.29 is 23.8 Å². The van der Waals surface area contributed by atoms with Gasteiger partial charge in [0.15, 0.2) is 6.10 Å². The van der Waals surface area contributed by atoms with Crippen LogP contribution in [0.25, 0.3) is 0 Å². The highest BCUT2D eigenvalue weighted by Gasteiger charge is 2.19. The molecule has 1 aromatic rings. The van der Waals surface area contributed by atoms with Crippen LogP contribution in [0.15, 0.2) is 22.7 Å². The summed E-state index contributed by atoms with van der Waals surface area (Å²) in [5.41, 5.74) is 0.0928. The van der Waals surface area contributed by atoms with Crippen LogP contribution in [0.5, 0.6) is 0 Å². The lowest BCUT2D eigenvalue weighted by molar-refractivity contribution is -0.148. The molecule has 0 heterocycles. The third-order valence-electron chi connectivity index (χ3n) is 2.20. The van der Waals surface area contributed by atoms with Gasteiger partial charge >= 0.3 is 5.97 Å². The predicted octanol–water partition coefficient (Wildman–Crippen LogP) is 1.42. The van der Waals surface area contributed by atoms with Crippen LogP contribution in [0.2, 0.25) is 0 Å². The molecule has 0 aliphatic carbocycles. The van der Waals surface area contributed by atoms with Crippen LogP contribution in [0.1, 0.15) is 10.4 Å². The summed E-state index contributed by atoms with van der Waals surface area (Å²) in [4.78, 5) is 22.4. The summed E-state index contributed by atoms with van der Waals surface area (Å²) < 4.78 is 17.9. The number of carbonyl (C=O) groups excluding carboxylic acids is 1. The quantitative estimate of drug-likeness (QED) is 0.860. The lowest BCUT2D eigenvalue weighted by atomic mass is 10.2. The maximum absolute atomic E-state index is 13.2. The van der Waals surface area contributed by atoms with E-state index in [1.54, 1.807) is 0 Å². The number of carbonyl (C=O) groups is 2. The zero-order valence-electron chi connectivity index (χ0n) is 9.44. The molecule has 5 nitrogen and oxygen atoms in total. The monoisotopic (exact) mass is 319 g/mol. The van der Waals surface area contributed by atoms with E-state index in [4.69, 9.17) is 5.11 Å². The van der Waals surface area contributed by atoms with Gasteiger partial charge in [0.25, 0.3) is 5.91 Å². The molecule has 0 aliphatic rings. The summed E-state index contributed by atoms with van der Waals surface area (Å²) in [6.07, 6.45) is -1.14. The maximum atomic E-state index is 13.2. The third-order valence-corrected chi connectivity index (χ3v) is 3.01. The van der Waals surface area contributed by atoms with Crippen LogP contribution in [-0.4, -0.2) is 36.7 Å². The molecular formula is C11H11BrFNO4. The van der Waals surface area contributed by atoms with Crippen molar-refractivity contribution in [1.29, 1.82) is 0 Å². The summed E-state index contributed by atoms with van der Waals surface area (Å²) in [6, 6.07) is 4.02. The topological polar surface area (TPSA) is 75.6 Å². The van der Waals surface area contributed by atoms with E-state index in [1.807, 2.05) is 0 Å². The molecular weight excluding hydrogens is 309 g/mol. The second-order valence-electron chi connectivity index (χ2n) is 3.37. The molecule has 98 valence electrons. The molecule has 2 N–H and O–H groups in total. The number of methoxy groups -OCH3 is 1. The molecule has 0 saturated carbocycles. The second kappa shape index (κ2) is 6.46. The van der Waals surface area contributed by atoms with E-state index in [1.165, 1.54) is 25.3 Å². The molecule has 0 saturated heterocycles. The van der Waals surface area contributed by atoms with Gasteiger partial charge in [0.2, 0.25) is 0 Å². The highest BCUT2D eigenvalue weighted by atomic mass is 79.9. The Hall–Kier alpha value is -1.47. The van der Waals surface area contributed by atoms with E-state index in [0.717, 1.165) is 0 Å². The Morgan fingerprint density at radius 1 is 1.56 bits per heavy atom. The van der Waals surface area contributed by atoms with Gasteiger partial charge < -0.3 is 15.2 Å². The fourth-order valence-electron chi connectivity index (χ4n) is 1.23. The number of amides is 1. The Kier molecular flexibility index (Phi) is 5.24. The highest BCUT2D eigenvalue weighted by molar-refractivity contribution is 9.10. The van der Waals surface area contributed by atoms with Gasteiger partial charge in [-0.3, -0.25) is 4.79 Å². The van der Waals surface area contributed by atoms with Crippen LogP contribution in [0.3, 0.4) is 0 Å². The number of ether oxygens (including phenoxy) is 1. The van der Waals surface area contributed by atoms with Gasteiger partial charge in [-0.15, -0.1) is 0 Å². The standard InChI is InChI=1S/C11H11BrFNO4/c1-18-8(11(16)17)5-14-10(15)6-3-2-4-7(13)9(6)12/h2-4,8H,5H2,1H3,(H,14,15)(H,16,17). The van der Waals surface area contributed by atoms with Crippen LogP contribution in [-0.2, 0) is 9.53 Å². The smallest absolute Gasteiger partial charge is 0.334 e. The molecule has 0 bridgehead atoms. The molecule has 1 rings (SSSR count). The summed E-state index contributed by atoms with van der Waals surface area (Å²) in [5, 5.41) is 11.1. The summed E-state index contributed by atoms with van der Waals surface area (Å²) in [5.74, 6) is -2.33. The average Bonchev–Trinajstić information content (AvgIpc) is 2.32. The van der Waals surface area contributed by atoms with Crippen molar-refractivity contribution in [2.24, 2.45) is 0 Å². The summed E-state index contributed by atoms with van der Waals surface area (Å²) >= 11 is 2.95. The zero-order chi connectivity index (χ0) is 13.7. The van der Waals surface area contributed by atoms with Gasteiger partial charge in [-0.2, -0.15) is 0 Å². The Morgan fingerprint density at radius 3 is 2.78 bits per heavy atom. The maximum Gasteiger partial charge on any atom is 0.334 e. The molecule has 0 aliphatic heterocycles. The average molecular weight is 320 g/mol. The van der Waals surface area contributed by atoms with E-state index in [9.17, 15) is 14.0 Å². The first-order valence-electron chi connectivity index (χ1n) is 4.95. The molecule has 0 radical (unpaired) electrons. The first kappa shape index (κ1) is 14.6. The van der Waals surface area contributed by atoms with Crippen molar-refractivity contribution in [1.82, 2.24) is 5.32 Å². The van der Waals surface area contributed by atoms with E-state index in [2.05, 4.69) is 26.0 Å². The van der Waals surface area contributed by atoms with Crippen LogP contribution in [0.4, 0.5) is 4.39 Å². The molecule has 0 spiro atoms. The van der Waals surface area contributed by atoms with Crippen molar-refractivity contribution in [3.8, 4) is 0 Å². The normalized spacial score (nSPS) is 11.9. The fourth-order valence-corrected chi connectivity index (χ4v) is 1.68. The molecule has 1 atom stereocenters. The molecule has 0 fully saturated rings. The molecule has 18 heavy (non-hydrogen) atoms. The first-order chi connectivity index (χ1) is 8.47. The summed E-state index contributed by atoms with van der Waals surface area (Å²) in [6.45, 7) is -0.201. The lowest BCUT2D eigenvalue weighted by Gasteiger charge is -2.12. The number of carboxylic acid groups (broad SMARTS) is 1. The third kappa shape index (κ3) is 3.51. The number of aliphatic carboxylic acids is 1. The number of nitrogens with one attached hydrogen (secondary N) is 1. The number of halogens is 2. The van der Waals surface area contributed by atoms with Gasteiger partial charge in [0, 0.05) is 7.11 Å². The van der Waals surface area contributed by atoms with Crippen LogP contribution >= 0.6 is 15.9 Å². The van der Waals surface area contributed by atoms with E-state index in [-0.39, 0.29) is 16.6 Å². The molecule has 1 unspecified atom stereocenters. The minimum atomic E-state index is -1.18. The van der Waals surface area contributed by atoms with Crippen molar-refractivity contribution in [2.75, 3.05) is 13.7 Å². The first-order valence-corrected chi connectivity index (χ1v) is 5.74. The summed E-state index contributed by atoms with van der Waals surface area (Å²) in [7, 11) is 1.23. The van der Waals surface area contributed by atoms with Gasteiger partial charge in [-0.05, 0) is 28.1 Å². The predicted molar refractivity (Wildman–Crippen MR) is 64.9 cm³/mol. The van der Waals surface area contributed by atoms with Crippen molar-refractivity contribution in [3.63, 3.8) is 0 Å². The Bertz CT molecular complexity index is 466. The van der Waals surface area contributed by atoms with E-state index in [0.29, 0.717) is 0 Å². The van der Waals surface area contributed by atoms with Gasteiger partial charge in [-0.25, -0.2) is 9.18 Å². The fraction of sp³-hybridized carbons (Fsp3) is 0.273. The highest BCUT2D eigenvalue weighted by Crippen LogP contribution is 2.20. The van der Waals surface area contributed by atoms with Gasteiger partial charge in [0.05, 0.1) is 16.6 Å². The number of benzene rings is 1. The van der Waals surface area contributed by atoms with Crippen molar-refractivity contribution in [3.05, 3.63) is 34.1 Å². The van der Waals surface area contributed by atoms with Crippen LogP contribution < -0.4 is 5.32 Å². The van der Waals surface area contributed by atoms with E-state index >= 15 is 0 Å². The van der Waals surface area contributed by atoms with Gasteiger partial charge in [-0.1, -0.05) is 6.07 Å². The Labute approximate surface area is 111 Å². The molecule has 0 aromatic heterocycles. The molecule has 7 heteroatoms. The number of carboxylic acids is 1. The largest absolute Gasteiger partial charge is 0.479 e. The molecule has 1 amide bonds. The van der Waals surface area contributed by atoms with Gasteiger partial charge in [0.1, 0.15) is 5.82 Å². The van der Waals surface area contributed by atoms with E-state index < -0.39 is 23.8 Å². The number of rotatable bonds is 5. The number of hydrogen-bond acceptors (Lipinski definition) is 3. The Morgan fingerprint density at radius 2 is 2.22 bits per heavy atom. The van der Waals surface area contributed by atoms with Crippen molar-refractivity contribution >= 4 is 27.8 Å². The lowest BCUT2D eigenvalue weighted by Crippen LogP contribution is -2.38. The molecule has 1 aromatic carbocycles.